The normalized spacial score (nSPS) is 17.6. The van der Waals surface area contributed by atoms with Crippen LogP contribution in [0.2, 0.25) is 5.02 Å². The molecule has 6 heteroatoms. The molecular weight excluding hydrogens is 326 g/mol. The lowest BCUT2D eigenvalue weighted by Gasteiger charge is -2.23. The summed E-state index contributed by atoms with van der Waals surface area (Å²) in [6.45, 7) is 0.415. The SMILES string of the molecule is O=C(CC1(O)CCCC1)NCC(c1ccc(Cl)cc1)n1cccn1. The molecule has 1 aliphatic rings. The van der Waals surface area contributed by atoms with Crippen LogP contribution >= 0.6 is 11.6 Å². The maximum atomic E-state index is 12.2. The predicted octanol–water partition coefficient (Wildman–Crippen LogP) is 2.94. The molecule has 24 heavy (non-hydrogen) atoms. The van der Waals surface area contributed by atoms with E-state index in [-0.39, 0.29) is 18.4 Å². The van der Waals surface area contributed by atoms with Crippen LogP contribution in [0, 0.1) is 0 Å². The highest BCUT2D eigenvalue weighted by molar-refractivity contribution is 6.30. The van der Waals surface area contributed by atoms with E-state index in [1.54, 1.807) is 6.20 Å². The predicted molar refractivity (Wildman–Crippen MR) is 92.9 cm³/mol. The number of carbonyl (C=O) groups excluding carboxylic acids is 1. The fraction of sp³-hybridized carbons (Fsp3) is 0.444. The van der Waals surface area contributed by atoms with Gasteiger partial charge in [-0.1, -0.05) is 36.6 Å². The minimum atomic E-state index is -0.828. The Morgan fingerprint density at radius 2 is 2.04 bits per heavy atom. The van der Waals surface area contributed by atoms with E-state index >= 15 is 0 Å². The molecule has 3 rings (SSSR count). The Kier molecular flexibility index (Phi) is 5.21. The van der Waals surface area contributed by atoms with Gasteiger partial charge in [-0.3, -0.25) is 9.48 Å². The molecule has 1 aromatic heterocycles. The molecule has 0 saturated heterocycles. The lowest BCUT2D eigenvalue weighted by atomic mass is 9.97. The highest BCUT2D eigenvalue weighted by atomic mass is 35.5. The number of aromatic nitrogens is 2. The van der Waals surface area contributed by atoms with Gasteiger partial charge in [0, 0.05) is 24.0 Å². The van der Waals surface area contributed by atoms with Gasteiger partial charge >= 0.3 is 0 Å². The molecule has 0 bridgehead atoms. The summed E-state index contributed by atoms with van der Waals surface area (Å²) in [5.74, 6) is -0.120. The Labute approximate surface area is 146 Å². The van der Waals surface area contributed by atoms with E-state index in [9.17, 15) is 9.90 Å². The Balaban J connectivity index is 1.66. The average molecular weight is 348 g/mol. The number of carbonyl (C=O) groups is 1. The van der Waals surface area contributed by atoms with Crippen LogP contribution in [0.15, 0.2) is 42.7 Å². The van der Waals surface area contributed by atoms with Crippen LogP contribution in [0.4, 0.5) is 0 Å². The summed E-state index contributed by atoms with van der Waals surface area (Å²) in [6, 6.07) is 9.27. The first-order chi connectivity index (χ1) is 11.6. The molecular formula is C18H22ClN3O2. The first-order valence-corrected chi connectivity index (χ1v) is 8.67. The smallest absolute Gasteiger partial charge is 0.222 e. The maximum Gasteiger partial charge on any atom is 0.222 e. The molecule has 2 aromatic rings. The van der Waals surface area contributed by atoms with Crippen LogP contribution < -0.4 is 5.32 Å². The van der Waals surface area contributed by atoms with Crippen molar-refractivity contribution in [2.24, 2.45) is 0 Å². The molecule has 1 amide bonds. The molecule has 0 spiro atoms. The Morgan fingerprint density at radius 3 is 2.67 bits per heavy atom. The van der Waals surface area contributed by atoms with Gasteiger partial charge in [0.25, 0.3) is 0 Å². The molecule has 1 aromatic carbocycles. The summed E-state index contributed by atoms with van der Waals surface area (Å²) in [6.07, 6.45) is 7.15. The summed E-state index contributed by atoms with van der Waals surface area (Å²) in [5, 5.41) is 18.3. The van der Waals surface area contributed by atoms with E-state index in [0.717, 1.165) is 18.4 Å². The van der Waals surface area contributed by atoms with Gasteiger partial charge in [-0.05, 0) is 36.6 Å². The van der Waals surface area contributed by atoms with Crippen LogP contribution in [0.3, 0.4) is 0 Å². The number of halogens is 1. The van der Waals surface area contributed by atoms with E-state index in [4.69, 9.17) is 11.6 Å². The number of amides is 1. The van der Waals surface area contributed by atoms with Gasteiger partial charge in [0.1, 0.15) is 0 Å². The topological polar surface area (TPSA) is 67.2 Å². The quantitative estimate of drug-likeness (QED) is 0.844. The molecule has 2 N–H and O–H groups in total. The third kappa shape index (κ3) is 4.16. The minimum Gasteiger partial charge on any atom is -0.389 e. The molecule has 1 unspecified atom stereocenters. The second-order valence-corrected chi connectivity index (χ2v) is 6.90. The van der Waals surface area contributed by atoms with Crippen molar-refractivity contribution in [2.45, 2.75) is 43.7 Å². The second kappa shape index (κ2) is 7.36. The van der Waals surface area contributed by atoms with Crippen LogP contribution in [-0.2, 0) is 4.79 Å². The van der Waals surface area contributed by atoms with E-state index in [2.05, 4.69) is 10.4 Å². The van der Waals surface area contributed by atoms with Gasteiger partial charge in [0.2, 0.25) is 5.91 Å². The zero-order chi connectivity index (χ0) is 17.0. The lowest BCUT2D eigenvalue weighted by molar-refractivity contribution is -0.126. The van der Waals surface area contributed by atoms with Crippen LogP contribution in [0.25, 0.3) is 0 Å². The number of hydrogen-bond donors (Lipinski definition) is 2. The molecule has 1 atom stereocenters. The number of benzene rings is 1. The van der Waals surface area contributed by atoms with E-state index in [1.165, 1.54) is 0 Å². The molecule has 1 heterocycles. The average Bonchev–Trinajstić information content (AvgIpc) is 3.21. The zero-order valence-corrected chi connectivity index (χ0v) is 14.2. The summed E-state index contributed by atoms with van der Waals surface area (Å²) in [4.78, 5) is 12.2. The van der Waals surface area contributed by atoms with Gasteiger partial charge in [0.15, 0.2) is 0 Å². The maximum absolute atomic E-state index is 12.2. The second-order valence-electron chi connectivity index (χ2n) is 6.47. The Hall–Kier alpha value is -1.85. The molecule has 5 nitrogen and oxygen atoms in total. The Morgan fingerprint density at radius 1 is 1.33 bits per heavy atom. The first kappa shape index (κ1) is 17.0. The van der Waals surface area contributed by atoms with Crippen molar-refractivity contribution in [1.29, 1.82) is 0 Å². The molecule has 128 valence electrons. The molecule has 0 radical (unpaired) electrons. The molecule has 1 aliphatic carbocycles. The monoisotopic (exact) mass is 347 g/mol. The number of hydrogen-bond acceptors (Lipinski definition) is 3. The van der Waals surface area contributed by atoms with Gasteiger partial charge in [-0.2, -0.15) is 5.10 Å². The third-order valence-electron chi connectivity index (χ3n) is 4.62. The fourth-order valence-corrected chi connectivity index (χ4v) is 3.42. The van der Waals surface area contributed by atoms with Crippen molar-refractivity contribution in [1.82, 2.24) is 15.1 Å². The zero-order valence-electron chi connectivity index (χ0n) is 13.5. The fourth-order valence-electron chi connectivity index (χ4n) is 3.30. The minimum absolute atomic E-state index is 0.112. The van der Waals surface area contributed by atoms with Crippen molar-refractivity contribution < 1.29 is 9.90 Å². The number of nitrogens with zero attached hydrogens (tertiary/aromatic N) is 2. The van der Waals surface area contributed by atoms with Gasteiger partial charge in [0.05, 0.1) is 18.1 Å². The van der Waals surface area contributed by atoms with E-state index in [1.807, 2.05) is 41.2 Å². The van der Waals surface area contributed by atoms with Crippen LogP contribution in [0.1, 0.15) is 43.7 Å². The summed E-state index contributed by atoms with van der Waals surface area (Å²) >= 11 is 5.96. The summed E-state index contributed by atoms with van der Waals surface area (Å²) in [7, 11) is 0. The van der Waals surface area contributed by atoms with Crippen molar-refractivity contribution in [2.75, 3.05) is 6.54 Å². The summed E-state index contributed by atoms with van der Waals surface area (Å²) < 4.78 is 1.81. The van der Waals surface area contributed by atoms with Crippen molar-refractivity contribution in [3.05, 3.63) is 53.3 Å². The summed E-state index contributed by atoms with van der Waals surface area (Å²) in [5.41, 5.74) is 0.189. The third-order valence-corrected chi connectivity index (χ3v) is 4.87. The van der Waals surface area contributed by atoms with Gasteiger partial charge in [-0.15, -0.1) is 0 Å². The largest absolute Gasteiger partial charge is 0.389 e. The highest BCUT2D eigenvalue weighted by Crippen LogP contribution is 2.32. The first-order valence-electron chi connectivity index (χ1n) is 8.29. The van der Waals surface area contributed by atoms with E-state index < -0.39 is 5.60 Å². The van der Waals surface area contributed by atoms with E-state index in [0.29, 0.717) is 24.4 Å². The number of nitrogens with one attached hydrogen (secondary N) is 1. The number of aliphatic hydroxyl groups is 1. The molecule has 0 aliphatic heterocycles. The molecule has 1 fully saturated rings. The lowest BCUT2D eigenvalue weighted by Crippen LogP contribution is -2.37. The van der Waals surface area contributed by atoms with Crippen molar-refractivity contribution >= 4 is 17.5 Å². The van der Waals surface area contributed by atoms with Crippen molar-refractivity contribution in [3.8, 4) is 0 Å². The van der Waals surface area contributed by atoms with Crippen LogP contribution in [-0.4, -0.2) is 32.9 Å². The molecule has 1 saturated carbocycles. The highest BCUT2D eigenvalue weighted by Gasteiger charge is 2.33. The standard InChI is InChI=1S/C18H22ClN3O2/c19-15-6-4-14(5-7-15)16(22-11-3-10-21-22)13-20-17(23)12-18(24)8-1-2-9-18/h3-7,10-11,16,24H,1-2,8-9,12-13H2,(H,20,23). The van der Waals surface area contributed by atoms with Gasteiger partial charge < -0.3 is 10.4 Å². The van der Waals surface area contributed by atoms with Crippen molar-refractivity contribution in [3.63, 3.8) is 0 Å². The Bertz CT molecular complexity index is 664. The van der Waals surface area contributed by atoms with Gasteiger partial charge in [-0.25, -0.2) is 0 Å². The van der Waals surface area contributed by atoms with Crippen LogP contribution in [0.5, 0.6) is 0 Å². The number of rotatable bonds is 6.